The van der Waals surface area contributed by atoms with Crippen LogP contribution in [0.4, 0.5) is 0 Å². The summed E-state index contributed by atoms with van der Waals surface area (Å²) in [5.74, 6) is 1.03. The number of nitriles is 1. The standard InChI is InChI=1S/C12H14N2OS/c13-6-12(4-8-1-2-9(12)3-8)11(15)10-5-16-7-14-10/h5,7-9,11,15H,1-4H2. The SMILES string of the molecule is N#CC1(C(O)c2cscn2)CC2CCC1C2. The van der Waals surface area contributed by atoms with Crippen LogP contribution in [0.15, 0.2) is 10.9 Å². The molecule has 4 heteroatoms. The summed E-state index contributed by atoms with van der Waals surface area (Å²) >= 11 is 1.48. The summed E-state index contributed by atoms with van der Waals surface area (Å²) in [5.41, 5.74) is 1.84. The van der Waals surface area contributed by atoms with Crippen molar-refractivity contribution < 1.29 is 5.11 Å². The van der Waals surface area contributed by atoms with Gasteiger partial charge in [0.1, 0.15) is 6.10 Å². The largest absolute Gasteiger partial charge is 0.385 e. The predicted molar refractivity (Wildman–Crippen MR) is 60.6 cm³/mol. The summed E-state index contributed by atoms with van der Waals surface area (Å²) in [6.45, 7) is 0. The average molecular weight is 234 g/mol. The van der Waals surface area contributed by atoms with Crippen LogP contribution in [0.25, 0.3) is 0 Å². The highest BCUT2D eigenvalue weighted by molar-refractivity contribution is 7.07. The highest BCUT2D eigenvalue weighted by atomic mass is 32.1. The molecule has 2 saturated carbocycles. The number of hydrogen-bond donors (Lipinski definition) is 1. The molecule has 4 atom stereocenters. The van der Waals surface area contributed by atoms with Crippen LogP contribution in [0.5, 0.6) is 0 Å². The Morgan fingerprint density at radius 3 is 3.00 bits per heavy atom. The van der Waals surface area contributed by atoms with E-state index in [0.717, 1.165) is 19.3 Å². The zero-order valence-electron chi connectivity index (χ0n) is 8.97. The molecule has 3 rings (SSSR count). The number of nitrogens with zero attached hydrogens (tertiary/aromatic N) is 2. The van der Waals surface area contributed by atoms with Gasteiger partial charge in [-0.3, -0.25) is 0 Å². The second kappa shape index (κ2) is 3.54. The van der Waals surface area contributed by atoms with Gasteiger partial charge in [0, 0.05) is 5.38 Å². The second-order valence-corrected chi connectivity index (χ2v) is 5.77. The molecule has 0 radical (unpaired) electrons. The first-order valence-electron chi connectivity index (χ1n) is 5.73. The maximum Gasteiger partial charge on any atom is 0.116 e. The molecule has 2 aliphatic carbocycles. The zero-order valence-corrected chi connectivity index (χ0v) is 9.78. The quantitative estimate of drug-likeness (QED) is 0.855. The van der Waals surface area contributed by atoms with Gasteiger partial charge in [-0.15, -0.1) is 11.3 Å². The molecule has 1 N–H and O–H groups in total. The van der Waals surface area contributed by atoms with Crippen LogP contribution in [0.1, 0.15) is 37.5 Å². The summed E-state index contributed by atoms with van der Waals surface area (Å²) in [6.07, 6.45) is 3.61. The lowest BCUT2D eigenvalue weighted by molar-refractivity contribution is 0.0207. The van der Waals surface area contributed by atoms with E-state index in [-0.39, 0.29) is 0 Å². The summed E-state index contributed by atoms with van der Waals surface area (Å²) in [7, 11) is 0. The van der Waals surface area contributed by atoms with Crippen LogP contribution < -0.4 is 0 Å². The summed E-state index contributed by atoms with van der Waals surface area (Å²) in [4.78, 5) is 4.15. The first kappa shape index (κ1) is 10.2. The fourth-order valence-electron chi connectivity index (χ4n) is 3.53. The van der Waals surface area contributed by atoms with Crippen molar-refractivity contribution in [2.45, 2.75) is 31.8 Å². The summed E-state index contributed by atoms with van der Waals surface area (Å²) < 4.78 is 0. The number of thiazole rings is 1. The fourth-order valence-corrected chi connectivity index (χ4v) is 4.10. The number of aliphatic hydroxyl groups excluding tert-OH is 1. The molecular formula is C12H14N2OS. The molecule has 2 aliphatic rings. The van der Waals surface area contributed by atoms with Crippen molar-refractivity contribution in [2.24, 2.45) is 17.3 Å². The van der Waals surface area contributed by atoms with E-state index in [4.69, 9.17) is 0 Å². The van der Waals surface area contributed by atoms with Crippen molar-refractivity contribution in [3.05, 3.63) is 16.6 Å². The Kier molecular flexibility index (Phi) is 2.27. The summed E-state index contributed by atoms with van der Waals surface area (Å²) in [6, 6.07) is 2.41. The number of hydrogen-bond acceptors (Lipinski definition) is 4. The Morgan fingerprint density at radius 2 is 2.50 bits per heavy atom. The summed E-state index contributed by atoms with van der Waals surface area (Å²) in [5, 5.41) is 21.7. The molecule has 2 fully saturated rings. The van der Waals surface area contributed by atoms with Crippen LogP contribution >= 0.6 is 11.3 Å². The van der Waals surface area contributed by atoms with Gasteiger partial charge in [0.25, 0.3) is 0 Å². The lowest BCUT2D eigenvalue weighted by atomic mass is 9.69. The number of aliphatic hydroxyl groups is 1. The fraction of sp³-hybridized carbons (Fsp3) is 0.667. The van der Waals surface area contributed by atoms with Crippen molar-refractivity contribution in [2.75, 3.05) is 0 Å². The number of rotatable bonds is 2. The van der Waals surface area contributed by atoms with Crippen LogP contribution in [0.3, 0.4) is 0 Å². The van der Waals surface area contributed by atoms with Gasteiger partial charge in [-0.05, 0) is 31.1 Å². The molecule has 1 heterocycles. The van der Waals surface area contributed by atoms with Crippen molar-refractivity contribution in [3.63, 3.8) is 0 Å². The molecule has 0 amide bonds. The average Bonchev–Trinajstić information content (AvgIpc) is 3.03. The van der Waals surface area contributed by atoms with E-state index in [9.17, 15) is 10.4 Å². The molecule has 3 nitrogen and oxygen atoms in total. The van der Waals surface area contributed by atoms with E-state index in [1.807, 2.05) is 5.38 Å². The van der Waals surface area contributed by atoms with Crippen molar-refractivity contribution in [1.82, 2.24) is 4.98 Å². The van der Waals surface area contributed by atoms with Gasteiger partial charge < -0.3 is 5.11 Å². The van der Waals surface area contributed by atoms with Gasteiger partial charge in [0.2, 0.25) is 0 Å². The van der Waals surface area contributed by atoms with Gasteiger partial charge in [-0.1, -0.05) is 6.42 Å². The highest BCUT2D eigenvalue weighted by Crippen LogP contribution is 2.60. The van der Waals surface area contributed by atoms with Gasteiger partial charge in [-0.25, -0.2) is 4.98 Å². The van der Waals surface area contributed by atoms with Gasteiger partial charge in [-0.2, -0.15) is 5.26 Å². The van der Waals surface area contributed by atoms with Crippen LogP contribution in [0, 0.1) is 28.6 Å². The molecule has 84 valence electrons. The monoisotopic (exact) mass is 234 g/mol. The third-order valence-corrected chi connectivity index (χ3v) is 4.93. The van der Waals surface area contributed by atoms with Crippen LogP contribution in [-0.2, 0) is 0 Å². The maximum absolute atomic E-state index is 10.4. The lowest BCUT2D eigenvalue weighted by Gasteiger charge is -2.34. The van der Waals surface area contributed by atoms with E-state index in [0.29, 0.717) is 17.5 Å². The highest BCUT2D eigenvalue weighted by Gasteiger charge is 2.56. The van der Waals surface area contributed by atoms with Crippen LogP contribution in [-0.4, -0.2) is 10.1 Å². The first-order valence-corrected chi connectivity index (χ1v) is 6.68. The molecule has 0 spiro atoms. The topological polar surface area (TPSA) is 56.9 Å². The molecule has 2 bridgehead atoms. The van der Waals surface area contributed by atoms with Crippen molar-refractivity contribution in [1.29, 1.82) is 5.26 Å². The molecular weight excluding hydrogens is 220 g/mol. The van der Waals surface area contributed by atoms with E-state index in [1.165, 1.54) is 17.8 Å². The molecule has 1 aromatic rings. The Hall–Kier alpha value is -0.920. The van der Waals surface area contributed by atoms with Gasteiger partial charge >= 0.3 is 0 Å². The number of aromatic nitrogens is 1. The third-order valence-electron chi connectivity index (χ3n) is 4.32. The minimum absolute atomic E-state index is 0.374. The van der Waals surface area contributed by atoms with Crippen molar-refractivity contribution in [3.8, 4) is 6.07 Å². The smallest absolute Gasteiger partial charge is 0.116 e. The van der Waals surface area contributed by atoms with E-state index in [2.05, 4.69) is 11.1 Å². The minimum atomic E-state index is -0.695. The first-order chi connectivity index (χ1) is 7.76. The Balaban J connectivity index is 1.95. The minimum Gasteiger partial charge on any atom is -0.385 e. The maximum atomic E-state index is 10.4. The zero-order chi connectivity index (χ0) is 11.2. The van der Waals surface area contributed by atoms with Gasteiger partial charge in [0.05, 0.1) is 22.7 Å². The van der Waals surface area contributed by atoms with Crippen molar-refractivity contribution >= 4 is 11.3 Å². The molecule has 16 heavy (non-hydrogen) atoms. The Labute approximate surface area is 98.8 Å². The van der Waals surface area contributed by atoms with E-state index < -0.39 is 11.5 Å². The van der Waals surface area contributed by atoms with E-state index >= 15 is 0 Å². The predicted octanol–water partition coefficient (Wildman–Crippen LogP) is 2.51. The third kappa shape index (κ3) is 1.25. The Bertz CT molecular complexity index is 425. The molecule has 0 aromatic carbocycles. The molecule has 0 saturated heterocycles. The second-order valence-electron chi connectivity index (χ2n) is 5.05. The molecule has 1 aromatic heterocycles. The van der Waals surface area contributed by atoms with Gasteiger partial charge in [0.15, 0.2) is 0 Å². The number of fused-ring (bicyclic) bond motifs is 2. The van der Waals surface area contributed by atoms with E-state index in [1.54, 1.807) is 5.51 Å². The molecule has 4 unspecified atom stereocenters. The molecule has 0 aliphatic heterocycles. The normalized spacial score (nSPS) is 38.5. The van der Waals surface area contributed by atoms with Crippen LogP contribution in [0.2, 0.25) is 0 Å². The Morgan fingerprint density at radius 1 is 1.62 bits per heavy atom. The lowest BCUT2D eigenvalue weighted by Crippen LogP contribution is -2.33.